The van der Waals surface area contributed by atoms with Crippen LogP contribution >= 0.6 is 0 Å². The maximum absolute atomic E-state index is 12.7. The maximum atomic E-state index is 12.7. The summed E-state index contributed by atoms with van der Waals surface area (Å²) in [4.78, 5) is 41.1. The molecule has 2 saturated heterocycles. The first-order chi connectivity index (χ1) is 13.6. The highest BCUT2D eigenvalue weighted by Crippen LogP contribution is 2.19. The van der Waals surface area contributed by atoms with Crippen LogP contribution in [0, 0.1) is 0 Å². The number of likely N-dealkylation sites (tertiary alicyclic amines) is 2. The van der Waals surface area contributed by atoms with Crippen molar-refractivity contribution < 1.29 is 14.4 Å². The number of nitrogens with one attached hydrogen (secondary N) is 1. The largest absolute Gasteiger partial charge is 0.350 e. The molecule has 1 atom stereocenters. The molecule has 3 rings (SSSR count). The number of nitrogens with zero attached hydrogens (tertiary/aromatic N) is 2. The van der Waals surface area contributed by atoms with Gasteiger partial charge in [-0.3, -0.25) is 14.4 Å². The molecule has 1 unspecified atom stereocenters. The number of hydrogen-bond donors (Lipinski definition) is 1. The van der Waals surface area contributed by atoms with E-state index in [2.05, 4.69) is 5.32 Å². The van der Waals surface area contributed by atoms with Gasteiger partial charge in [-0.1, -0.05) is 19.1 Å². The second-order valence-electron chi connectivity index (χ2n) is 7.72. The van der Waals surface area contributed by atoms with Crippen molar-refractivity contribution in [3.63, 3.8) is 0 Å². The van der Waals surface area contributed by atoms with Crippen LogP contribution in [0.4, 0.5) is 0 Å². The lowest BCUT2D eigenvalue weighted by Gasteiger charge is -2.34. The third-order valence-corrected chi connectivity index (χ3v) is 5.71. The number of amides is 3. The summed E-state index contributed by atoms with van der Waals surface area (Å²) in [6, 6.07) is 7.12. The molecule has 0 spiro atoms. The van der Waals surface area contributed by atoms with Crippen LogP contribution in [0.3, 0.4) is 0 Å². The van der Waals surface area contributed by atoms with Crippen molar-refractivity contribution >= 4 is 17.7 Å². The highest BCUT2D eigenvalue weighted by atomic mass is 16.2. The van der Waals surface area contributed by atoms with Gasteiger partial charge < -0.3 is 15.1 Å². The Bertz CT molecular complexity index is 713. The van der Waals surface area contributed by atoms with Crippen molar-refractivity contribution in [2.45, 2.75) is 64.5 Å². The molecule has 1 aromatic rings. The Morgan fingerprint density at radius 3 is 2.54 bits per heavy atom. The van der Waals surface area contributed by atoms with Crippen LogP contribution in [-0.4, -0.2) is 53.2 Å². The zero-order chi connectivity index (χ0) is 19.9. The van der Waals surface area contributed by atoms with E-state index in [0.717, 1.165) is 44.3 Å². The van der Waals surface area contributed by atoms with Gasteiger partial charge in [-0.25, -0.2) is 0 Å². The molecule has 6 heteroatoms. The number of rotatable bonds is 5. The smallest absolute Gasteiger partial charge is 0.253 e. The molecule has 0 radical (unpaired) electrons. The van der Waals surface area contributed by atoms with Crippen molar-refractivity contribution in [1.82, 2.24) is 15.1 Å². The van der Waals surface area contributed by atoms with Crippen molar-refractivity contribution in [2.24, 2.45) is 0 Å². The molecule has 28 heavy (non-hydrogen) atoms. The molecule has 0 aliphatic carbocycles. The molecule has 2 aliphatic heterocycles. The lowest BCUT2D eigenvalue weighted by atomic mass is 10.0. The van der Waals surface area contributed by atoms with Gasteiger partial charge in [-0.2, -0.15) is 0 Å². The molecule has 0 saturated carbocycles. The van der Waals surface area contributed by atoms with Gasteiger partial charge in [0, 0.05) is 38.2 Å². The van der Waals surface area contributed by atoms with Gasteiger partial charge in [-0.15, -0.1) is 0 Å². The molecule has 152 valence electrons. The number of benzene rings is 1. The van der Waals surface area contributed by atoms with Crippen LogP contribution in [0.5, 0.6) is 0 Å². The van der Waals surface area contributed by atoms with Gasteiger partial charge in [0.25, 0.3) is 5.91 Å². The molecule has 0 aromatic heterocycles. The average molecular weight is 386 g/mol. The molecule has 1 N–H and O–H groups in total. The van der Waals surface area contributed by atoms with Crippen molar-refractivity contribution in [3.8, 4) is 0 Å². The van der Waals surface area contributed by atoms with Crippen LogP contribution in [-0.2, 0) is 16.1 Å². The van der Waals surface area contributed by atoms with Gasteiger partial charge in [0.05, 0.1) is 0 Å². The van der Waals surface area contributed by atoms with E-state index in [1.54, 1.807) is 4.90 Å². The third kappa shape index (κ3) is 4.91. The first-order valence-electron chi connectivity index (χ1n) is 10.6. The fourth-order valence-electron chi connectivity index (χ4n) is 4.11. The summed E-state index contributed by atoms with van der Waals surface area (Å²) in [5.74, 6) is 0.00288. The summed E-state index contributed by atoms with van der Waals surface area (Å²) in [5.41, 5.74) is 1.58. The Labute approximate surface area is 167 Å². The van der Waals surface area contributed by atoms with Crippen molar-refractivity contribution in [3.05, 3.63) is 35.4 Å². The molecule has 6 nitrogen and oxygen atoms in total. The van der Waals surface area contributed by atoms with E-state index in [4.69, 9.17) is 0 Å². The van der Waals surface area contributed by atoms with E-state index in [1.165, 1.54) is 6.42 Å². The van der Waals surface area contributed by atoms with E-state index >= 15 is 0 Å². The summed E-state index contributed by atoms with van der Waals surface area (Å²) in [7, 11) is 0. The van der Waals surface area contributed by atoms with Crippen molar-refractivity contribution in [2.75, 3.05) is 19.6 Å². The van der Waals surface area contributed by atoms with Gasteiger partial charge in [-0.05, 0) is 56.2 Å². The normalized spacial score (nSPS) is 20.0. The van der Waals surface area contributed by atoms with Crippen LogP contribution in [0.2, 0.25) is 0 Å². The van der Waals surface area contributed by atoms with E-state index in [-0.39, 0.29) is 23.8 Å². The van der Waals surface area contributed by atoms with Gasteiger partial charge in [0.2, 0.25) is 11.8 Å². The van der Waals surface area contributed by atoms with Crippen LogP contribution in [0.25, 0.3) is 0 Å². The predicted octanol–water partition coefficient (Wildman–Crippen LogP) is 2.72. The highest BCUT2D eigenvalue weighted by molar-refractivity contribution is 5.94. The number of carbonyl (C=O) groups is 3. The molecular weight excluding hydrogens is 354 g/mol. The first kappa shape index (κ1) is 20.4. The monoisotopic (exact) mass is 385 g/mol. The van der Waals surface area contributed by atoms with Crippen LogP contribution in [0.1, 0.15) is 67.8 Å². The summed E-state index contributed by atoms with van der Waals surface area (Å²) in [6.07, 6.45) is 6.37. The maximum Gasteiger partial charge on any atom is 0.253 e. The van der Waals surface area contributed by atoms with E-state index < -0.39 is 0 Å². The second-order valence-corrected chi connectivity index (χ2v) is 7.72. The molecule has 2 fully saturated rings. The Morgan fingerprint density at radius 2 is 1.79 bits per heavy atom. The topological polar surface area (TPSA) is 69.7 Å². The molecule has 2 aliphatic rings. The summed E-state index contributed by atoms with van der Waals surface area (Å²) in [6.45, 7) is 4.50. The predicted molar refractivity (Wildman–Crippen MR) is 108 cm³/mol. The summed E-state index contributed by atoms with van der Waals surface area (Å²) in [5, 5.41) is 2.97. The van der Waals surface area contributed by atoms with Gasteiger partial charge >= 0.3 is 0 Å². The van der Waals surface area contributed by atoms with E-state index in [9.17, 15) is 14.4 Å². The first-order valence-corrected chi connectivity index (χ1v) is 10.6. The van der Waals surface area contributed by atoms with Gasteiger partial charge in [0.15, 0.2) is 0 Å². The fraction of sp³-hybridized carbons (Fsp3) is 0.591. The lowest BCUT2D eigenvalue weighted by molar-refractivity contribution is -0.142. The minimum Gasteiger partial charge on any atom is -0.350 e. The standard InChI is InChI=1S/C22H31N3O3/c1-2-20(26)25-14-7-4-11-19(25)21(27)23-16-17-9-8-10-18(15-17)22(28)24-12-5-3-6-13-24/h8-10,15,19H,2-7,11-14,16H2,1H3,(H,23,27). The zero-order valence-electron chi connectivity index (χ0n) is 16.8. The Kier molecular flexibility index (Phi) is 7.06. The van der Waals surface area contributed by atoms with Gasteiger partial charge in [0.1, 0.15) is 6.04 Å². The number of carbonyl (C=O) groups excluding carboxylic acids is 3. The third-order valence-electron chi connectivity index (χ3n) is 5.71. The molecule has 2 heterocycles. The molecule has 0 bridgehead atoms. The minimum absolute atomic E-state index is 0.0361. The van der Waals surface area contributed by atoms with Crippen LogP contribution in [0.15, 0.2) is 24.3 Å². The Hall–Kier alpha value is -2.37. The zero-order valence-corrected chi connectivity index (χ0v) is 16.8. The number of piperidine rings is 2. The lowest BCUT2D eigenvalue weighted by Crippen LogP contribution is -2.51. The fourth-order valence-corrected chi connectivity index (χ4v) is 4.11. The van der Waals surface area contributed by atoms with E-state index in [1.807, 2.05) is 36.1 Å². The number of hydrogen-bond acceptors (Lipinski definition) is 3. The summed E-state index contributed by atoms with van der Waals surface area (Å²) >= 11 is 0. The SMILES string of the molecule is CCC(=O)N1CCCCC1C(=O)NCc1cccc(C(=O)N2CCCCC2)c1. The summed E-state index contributed by atoms with van der Waals surface area (Å²) < 4.78 is 0. The quantitative estimate of drug-likeness (QED) is 0.847. The second kappa shape index (κ2) is 9.71. The molecule has 1 aromatic carbocycles. The van der Waals surface area contributed by atoms with Crippen LogP contribution < -0.4 is 5.32 Å². The van der Waals surface area contributed by atoms with E-state index in [0.29, 0.717) is 31.5 Å². The van der Waals surface area contributed by atoms with Crippen molar-refractivity contribution in [1.29, 1.82) is 0 Å². The Balaban J connectivity index is 1.60. The minimum atomic E-state index is -0.376. The highest BCUT2D eigenvalue weighted by Gasteiger charge is 2.31. The molecule has 3 amide bonds. The average Bonchev–Trinajstić information content (AvgIpc) is 2.77. The molecular formula is C22H31N3O3. The Morgan fingerprint density at radius 1 is 1.04 bits per heavy atom.